The molecule has 1 saturated heterocycles. The first-order chi connectivity index (χ1) is 20.9. The quantitative estimate of drug-likeness (QED) is 0.187. The van der Waals surface area contributed by atoms with E-state index in [4.69, 9.17) is 27.9 Å². The number of fused-ring (bicyclic) bond motifs is 1. The Bertz CT molecular complexity index is 1780. The summed E-state index contributed by atoms with van der Waals surface area (Å²) in [7, 11) is 0. The van der Waals surface area contributed by atoms with Crippen LogP contribution in [0.3, 0.4) is 0 Å². The van der Waals surface area contributed by atoms with E-state index in [1.807, 2.05) is 18.2 Å². The summed E-state index contributed by atoms with van der Waals surface area (Å²) in [6, 6.07) is 31.6. The van der Waals surface area contributed by atoms with Crippen molar-refractivity contribution in [3.05, 3.63) is 123 Å². The van der Waals surface area contributed by atoms with Crippen LogP contribution in [0, 0.1) is 11.3 Å². The summed E-state index contributed by atoms with van der Waals surface area (Å²) < 4.78 is 7.85. The Morgan fingerprint density at radius 3 is 2.42 bits per heavy atom. The van der Waals surface area contributed by atoms with Crippen LogP contribution in [0.25, 0.3) is 21.2 Å². The third kappa shape index (κ3) is 6.78. The number of hydrogen-bond donors (Lipinski definition) is 1. The van der Waals surface area contributed by atoms with Gasteiger partial charge in [0.25, 0.3) is 0 Å². The minimum Gasteiger partial charge on any atom is -0.360 e. The summed E-state index contributed by atoms with van der Waals surface area (Å²) >= 11 is 14.0. The topological polar surface area (TPSA) is 65.4 Å². The largest absolute Gasteiger partial charge is 0.360 e. The Morgan fingerprint density at radius 2 is 1.67 bits per heavy atom. The molecule has 0 atom stereocenters. The van der Waals surface area contributed by atoms with Crippen molar-refractivity contribution in [3.63, 3.8) is 0 Å². The zero-order valence-electron chi connectivity index (χ0n) is 23.4. The van der Waals surface area contributed by atoms with Crippen LogP contribution in [0.2, 0.25) is 10.0 Å². The number of nitriles is 1. The van der Waals surface area contributed by atoms with Gasteiger partial charge in [0.1, 0.15) is 6.61 Å². The molecule has 1 fully saturated rings. The number of amides is 1. The lowest BCUT2D eigenvalue weighted by molar-refractivity contribution is -0.135. The van der Waals surface area contributed by atoms with E-state index in [0.717, 1.165) is 49.2 Å². The zero-order valence-corrected chi connectivity index (χ0v) is 25.7. The second-order valence-electron chi connectivity index (χ2n) is 10.8. The molecule has 4 aromatic carbocycles. The molecule has 1 aliphatic heterocycles. The number of benzene rings is 4. The highest BCUT2D eigenvalue weighted by Crippen LogP contribution is 2.39. The fraction of sp³-hybridized carbons (Fsp3) is 0.200. The lowest BCUT2D eigenvalue weighted by Crippen LogP contribution is -2.45. The van der Waals surface area contributed by atoms with E-state index in [1.165, 1.54) is 15.6 Å². The van der Waals surface area contributed by atoms with E-state index in [2.05, 4.69) is 70.2 Å². The van der Waals surface area contributed by atoms with E-state index in [1.54, 1.807) is 35.6 Å². The molecule has 43 heavy (non-hydrogen) atoms. The number of carbonyl (C=O) groups excluding carboxylic acids is 1. The smallest absolute Gasteiger partial charge is 0.250 e. The van der Waals surface area contributed by atoms with Crippen LogP contribution in [0.1, 0.15) is 29.5 Å². The van der Waals surface area contributed by atoms with Gasteiger partial charge in [0.2, 0.25) is 5.91 Å². The van der Waals surface area contributed by atoms with Gasteiger partial charge in [0.15, 0.2) is 0 Å². The van der Waals surface area contributed by atoms with Gasteiger partial charge < -0.3 is 10.1 Å². The average Bonchev–Trinajstić information content (AvgIpc) is 3.43. The SMILES string of the molecule is N#Cc1cccc(-c2ccc(C3(OCC(=O)Nc4cc(Cl)cc(Cl)c4)CCN(Cc4csc5ccccc45)CC3)cc2)c1. The van der Waals surface area contributed by atoms with Gasteiger partial charge in [-0.2, -0.15) is 5.26 Å². The average molecular weight is 627 g/mol. The number of hydrogen-bond acceptors (Lipinski definition) is 5. The van der Waals surface area contributed by atoms with Gasteiger partial charge in [-0.25, -0.2) is 0 Å². The summed E-state index contributed by atoms with van der Waals surface area (Å²) in [5, 5.41) is 16.7. The highest BCUT2D eigenvalue weighted by Gasteiger charge is 2.38. The standard InChI is InChI=1S/C35H29Cl2N3O2S/c36-29-17-30(37)19-31(18-29)39-34(41)22-42-35(28-10-8-25(9-11-28)26-5-3-4-24(16-26)20-38)12-14-40(15-13-35)21-27-23-43-33-7-2-1-6-32(27)33/h1-11,16-19,23H,12-15,21-22H2,(H,39,41). The van der Waals surface area contributed by atoms with Gasteiger partial charge in [0, 0.05) is 40.1 Å². The lowest BCUT2D eigenvalue weighted by Gasteiger charge is -2.42. The first-order valence-electron chi connectivity index (χ1n) is 14.1. The van der Waals surface area contributed by atoms with Crippen LogP contribution >= 0.6 is 34.5 Å². The molecule has 5 nitrogen and oxygen atoms in total. The van der Waals surface area contributed by atoms with Gasteiger partial charge in [-0.1, -0.05) is 77.8 Å². The van der Waals surface area contributed by atoms with E-state index >= 15 is 0 Å². The molecule has 0 aliphatic carbocycles. The number of nitrogens with zero attached hydrogens (tertiary/aromatic N) is 2. The number of thiophene rings is 1. The van der Waals surface area contributed by atoms with Crippen molar-refractivity contribution in [3.8, 4) is 17.2 Å². The van der Waals surface area contributed by atoms with E-state index in [0.29, 0.717) is 21.3 Å². The van der Waals surface area contributed by atoms with Crippen molar-refractivity contribution in [2.24, 2.45) is 0 Å². The number of ether oxygens (including phenoxy) is 1. The molecule has 216 valence electrons. The molecule has 0 saturated carbocycles. The third-order valence-corrected chi connectivity index (χ3v) is 9.43. The highest BCUT2D eigenvalue weighted by molar-refractivity contribution is 7.17. The normalized spacial score (nSPS) is 14.8. The van der Waals surface area contributed by atoms with Crippen molar-refractivity contribution < 1.29 is 9.53 Å². The number of nitrogens with one attached hydrogen (secondary N) is 1. The van der Waals surface area contributed by atoms with Gasteiger partial charge in [-0.3, -0.25) is 9.69 Å². The second kappa shape index (κ2) is 12.9. The number of halogens is 2. The molecule has 1 aliphatic rings. The van der Waals surface area contributed by atoms with Crippen molar-refractivity contribution in [1.29, 1.82) is 5.26 Å². The summed E-state index contributed by atoms with van der Waals surface area (Å²) in [6.45, 7) is 2.44. The third-order valence-electron chi connectivity index (χ3n) is 7.98. The van der Waals surface area contributed by atoms with Crippen LogP contribution in [-0.2, 0) is 21.7 Å². The Morgan fingerprint density at radius 1 is 0.930 bits per heavy atom. The molecular weight excluding hydrogens is 597 g/mol. The Hall–Kier alpha value is -3.70. The molecule has 1 aromatic heterocycles. The molecule has 0 radical (unpaired) electrons. The molecular formula is C35H29Cl2N3O2S. The van der Waals surface area contributed by atoms with Crippen LogP contribution in [0.5, 0.6) is 0 Å². The van der Waals surface area contributed by atoms with Gasteiger partial charge in [-0.15, -0.1) is 11.3 Å². The first kappa shape index (κ1) is 29.4. The van der Waals surface area contributed by atoms with Crippen molar-refractivity contribution in [1.82, 2.24) is 4.90 Å². The molecule has 0 unspecified atom stereocenters. The number of rotatable bonds is 8. The van der Waals surface area contributed by atoms with E-state index in [9.17, 15) is 10.1 Å². The minimum absolute atomic E-state index is 0.106. The predicted octanol–water partition coefficient (Wildman–Crippen LogP) is 8.89. The fourth-order valence-electron chi connectivity index (χ4n) is 5.75. The maximum atomic E-state index is 13.0. The fourth-order valence-corrected chi connectivity index (χ4v) is 7.23. The minimum atomic E-state index is -0.621. The van der Waals surface area contributed by atoms with Gasteiger partial charge in [0.05, 0.1) is 17.2 Å². The molecule has 8 heteroatoms. The van der Waals surface area contributed by atoms with Crippen LogP contribution in [-0.4, -0.2) is 30.5 Å². The maximum Gasteiger partial charge on any atom is 0.250 e. The first-order valence-corrected chi connectivity index (χ1v) is 15.7. The summed E-state index contributed by atoms with van der Waals surface area (Å²) in [5.41, 5.74) is 4.92. The second-order valence-corrected chi connectivity index (χ2v) is 12.6. The molecule has 1 N–H and O–H groups in total. The van der Waals surface area contributed by atoms with Crippen molar-refractivity contribution in [2.75, 3.05) is 25.0 Å². The van der Waals surface area contributed by atoms with Gasteiger partial charge in [-0.05, 0) is 82.3 Å². The molecule has 0 spiro atoms. The zero-order chi connectivity index (χ0) is 29.8. The Balaban J connectivity index is 1.21. The number of likely N-dealkylation sites (tertiary alicyclic amines) is 1. The van der Waals surface area contributed by atoms with E-state index < -0.39 is 5.60 Å². The number of anilines is 1. The molecule has 6 rings (SSSR count). The lowest BCUT2D eigenvalue weighted by atomic mass is 9.83. The monoisotopic (exact) mass is 625 g/mol. The van der Waals surface area contributed by atoms with Crippen molar-refractivity contribution in [2.45, 2.75) is 25.0 Å². The Kier molecular flexibility index (Phi) is 8.80. The summed E-state index contributed by atoms with van der Waals surface area (Å²) in [4.78, 5) is 15.5. The highest BCUT2D eigenvalue weighted by atomic mass is 35.5. The van der Waals surface area contributed by atoms with E-state index in [-0.39, 0.29) is 12.5 Å². The number of carbonyl (C=O) groups is 1. The molecule has 0 bridgehead atoms. The maximum absolute atomic E-state index is 13.0. The molecule has 2 heterocycles. The van der Waals surface area contributed by atoms with Crippen LogP contribution in [0.15, 0.2) is 96.4 Å². The number of piperidine rings is 1. The molecule has 5 aromatic rings. The van der Waals surface area contributed by atoms with Crippen LogP contribution in [0.4, 0.5) is 5.69 Å². The Labute approximate surface area is 265 Å². The van der Waals surface area contributed by atoms with Gasteiger partial charge >= 0.3 is 0 Å². The summed E-state index contributed by atoms with van der Waals surface area (Å²) in [5.74, 6) is -0.269. The van der Waals surface area contributed by atoms with Crippen molar-refractivity contribution >= 4 is 56.2 Å². The molecule has 1 amide bonds. The summed E-state index contributed by atoms with van der Waals surface area (Å²) in [6.07, 6.45) is 1.49. The van der Waals surface area contributed by atoms with Crippen LogP contribution < -0.4 is 5.32 Å². The predicted molar refractivity (Wildman–Crippen MR) is 176 cm³/mol.